The van der Waals surface area contributed by atoms with Crippen LogP contribution in [-0.2, 0) is 0 Å². The molecule has 1 N–H and O–H groups in total. The molecule has 6 heteroatoms. The third-order valence-electron chi connectivity index (χ3n) is 5.70. The van der Waals surface area contributed by atoms with E-state index in [4.69, 9.17) is 0 Å². The van der Waals surface area contributed by atoms with Crippen molar-refractivity contribution < 1.29 is 4.79 Å². The molecule has 2 amide bonds. The first-order chi connectivity index (χ1) is 12.5. The third kappa shape index (κ3) is 4.67. The Morgan fingerprint density at radius 1 is 1.27 bits per heavy atom. The Morgan fingerprint density at radius 3 is 2.85 bits per heavy atom. The van der Waals surface area contributed by atoms with Crippen LogP contribution >= 0.6 is 0 Å². The van der Waals surface area contributed by atoms with Gasteiger partial charge in [-0.25, -0.2) is 4.79 Å². The van der Waals surface area contributed by atoms with Crippen LogP contribution in [0, 0.1) is 12.8 Å². The van der Waals surface area contributed by atoms with Crippen LogP contribution in [0.5, 0.6) is 0 Å². The Morgan fingerprint density at radius 2 is 2.12 bits per heavy atom. The van der Waals surface area contributed by atoms with Crippen LogP contribution in [-0.4, -0.2) is 72.7 Å². The van der Waals surface area contributed by atoms with Crippen LogP contribution in [0.1, 0.15) is 32.3 Å². The van der Waals surface area contributed by atoms with Crippen LogP contribution in [0.4, 0.5) is 10.5 Å². The quantitative estimate of drug-likeness (QED) is 0.897. The van der Waals surface area contributed by atoms with E-state index in [1.165, 1.54) is 17.7 Å². The second-order valence-corrected chi connectivity index (χ2v) is 7.92. The zero-order valence-electron chi connectivity index (χ0n) is 16.4. The summed E-state index contributed by atoms with van der Waals surface area (Å²) in [5.74, 6) is 0.587. The summed E-state index contributed by atoms with van der Waals surface area (Å²) in [5.41, 5.74) is 2.43. The fourth-order valence-corrected chi connectivity index (χ4v) is 4.02. The molecular weight excluding hydrogens is 326 g/mol. The number of nitrogens with zero attached hydrogens (tertiary/aromatic N) is 4. The van der Waals surface area contributed by atoms with E-state index in [-0.39, 0.29) is 6.03 Å². The van der Waals surface area contributed by atoms with Crippen molar-refractivity contribution in [2.24, 2.45) is 5.92 Å². The first-order valence-corrected chi connectivity index (χ1v) is 9.97. The second kappa shape index (κ2) is 8.71. The number of urea groups is 1. The molecule has 0 aromatic carbocycles. The van der Waals surface area contributed by atoms with Gasteiger partial charge in [-0.1, -0.05) is 0 Å². The smallest absolute Gasteiger partial charge is 0.317 e. The molecule has 0 unspecified atom stereocenters. The van der Waals surface area contributed by atoms with Crippen molar-refractivity contribution in [3.05, 3.63) is 24.0 Å². The average molecular weight is 360 g/mol. The highest BCUT2D eigenvalue weighted by Gasteiger charge is 2.25. The fraction of sp³-hybridized carbons (Fsp3) is 0.700. The minimum Gasteiger partial charge on any atom is -0.369 e. The standard InChI is InChI=1S/C20H33N5O/c1-16(2)25-10-6-18(15-25)14-22-20(26)24-9-4-8-23(11-12-24)19-5-7-21-13-17(19)3/h5,7,13,16,18H,4,6,8-12,14-15H2,1-3H3,(H,22,26)/t18-/m0/s1. The Hall–Kier alpha value is -1.82. The maximum Gasteiger partial charge on any atom is 0.317 e. The lowest BCUT2D eigenvalue weighted by Gasteiger charge is -2.25. The normalized spacial score (nSPS) is 21.9. The minimum atomic E-state index is 0.0984. The molecule has 0 saturated carbocycles. The number of likely N-dealkylation sites (tertiary alicyclic amines) is 1. The molecule has 2 fully saturated rings. The van der Waals surface area contributed by atoms with Crippen molar-refractivity contribution in [1.82, 2.24) is 20.1 Å². The summed E-state index contributed by atoms with van der Waals surface area (Å²) < 4.78 is 0. The Kier molecular flexibility index (Phi) is 6.35. The predicted molar refractivity (Wildman–Crippen MR) is 106 cm³/mol. The van der Waals surface area contributed by atoms with E-state index in [9.17, 15) is 4.79 Å². The van der Waals surface area contributed by atoms with Crippen molar-refractivity contribution in [3.8, 4) is 0 Å². The molecule has 0 spiro atoms. The molecule has 2 aliphatic rings. The molecule has 6 nitrogen and oxygen atoms in total. The molecule has 3 heterocycles. The van der Waals surface area contributed by atoms with Gasteiger partial charge in [-0.15, -0.1) is 0 Å². The third-order valence-corrected chi connectivity index (χ3v) is 5.70. The number of aromatic nitrogens is 1. The summed E-state index contributed by atoms with van der Waals surface area (Å²) in [4.78, 5) is 23.6. The van der Waals surface area contributed by atoms with E-state index in [0.29, 0.717) is 12.0 Å². The highest BCUT2D eigenvalue weighted by molar-refractivity contribution is 5.74. The predicted octanol–water partition coefficient (Wildman–Crippen LogP) is 2.34. The first-order valence-electron chi connectivity index (χ1n) is 9.97. The lowest BCUT2D eigenvalue weighted by molar-refractivity contribution is 0.199. The average Bonchev–Trinajstić information content (AvgIpc) is 2.97. The SMILES string of the molecule is Cc1cnccc1N1CCCN(C(=O)NC[C@@H]2CCN(C(C)C)C2)CC1. The van der Waals surface area contributed by atoms with E-state index in [1.807, 2.05) is 17.3 Å². The number of hydrogen-bond acceptors (Lipinski definition) is 4. The number of hydrogen-bond donors (Lipinski definition) is 1. The number of nitrogens with one attached hydrogen (secondary N) is 1. The number of amides is 2. The maximum absolute atomic E-state index is 12.6. The van der Waals surface area contributed by atoms with E-state index >= 15 is 0 Å². The van der Waals surface area contributed by atoms with Gasteiger partial charge in [0.25, 0.3) is 0 Å². The number of anilines is 1. The largest absolute Gasteiger partial charge is 0.369 e. The van der Waals surface area contributed by atoms with Crippen molar-refractivity contribution in [2.45, 2.75) is 39.7 Å². The summed E-state index contributed by atoms with van der Waals surface area (Å²) in [6.45, 7) is 13.1. The van der Waals surface area contributed by atoms with Gasteiger partial charge in [-0.05, 0) is 57.7 Å². The number of rotatable bonds is 4. The molecule has 1 aromatic heterocycles. The molecule has 1 aromatic rings. The lowest BCUT2D eigenvalue weighted by Crippen LogP contribution is -2.44. The molecule has 2 saturated heterocycles. The van der Waals surface area contributed by atoms with Gasteiger partial charge in [-0.2, -0.15) is 0 Å². The molecule has 144 valence electrons. The number of carbonyl (C=O) groups is 1. The van der Waals surface area contributed by atoms with Crippen LogP contribution in [0.3, 0.4) is 0 Å². The molecule has 0 radical (unpaired) electrons. The summed E-state index contributed by atoms with van der Waals surface area (Å²) in [5, 5.41) is 3.18. The van der Waals surface area contributed by atoms with Crippen LogP contribution in [0.2, 0.25) is 0 Å². The summed E-state index contributed by atoms with van der Waals surface area (Å²) in [6.07, 6.45) is 5.94. The zero-order valence-corrected chi connectivity index (χ0v) is 16.4. The zero-order chi connectivity index (χ0) is 18.5. The molecular formula is C20H33N5O. The van der Waals surface area contributed by atoms with E-state index in [0.717, 1.165) is 52.2 Å². The van der Waals surface area contributed by atoms with Gasteiger partial charge in [0.2, 0.25) is 0 Å². The molecule has 2 aliphatic heterocycles. The summed E-state index contributed by atoms with van der Waals surface area (Å²) >= 11 is 0. The van der Waals surface area contributed by atoms with E-state index in [2.05, 4.69) is 46.9 Å². The van der Waals surface area contributed by atoms with Gasteiger partial charge < -0.3 is 20.0 Å². The summed E-state index contributed by atoms with van der Waals surface area (Å²) in [7, 11) is 0. The van der Waals surface area contributed by atoms with E-state index in [1.54, 1.807) is 0 Å². The monoisotopic (exact) mass is 359 g/mol. The van der Waals surface area contributed by atoms with Crippen LogP contribution in [0.25, 0.3) is 0 Å². The lowest BCUT2D eigenvalue weighted by atomic mass is 10.1. The van der Waals surface area contributed by atoms with Crippen LogP contribution < -0.4 is 10.2 Å². The second-order valence-electron chi connectivity index (χ2n) is 7.92. The summed E-state index contributed by atoms with van der Waals surface area (Å²) in [6, 6.07) is 2.77. The van der Waals surface area contributed by atoms with Crippen molar-refractivity contribution in [2.75, 3.05) is 50.7 Å². The number of aryl methyl sites for hydroxylation is 1. The van der Waals surface area contributed by atoms with Gasteiger partial charge >= 0.3 is 6.03 Å². The van der Waals surface area contributed by atoms with Crippen molar-refractivity contribution in [1.29, 1.82) is 0 Å². The van der Waals surface area contributed by atoms with E-state index < -0.39 is 0 Å². The molecule has 0 aliphatic carbocycles. The van der Waals surface area contributed by atoms with Gasteiger partial charge in [0.15, 0.2) is 0 Å². The van der Waals surface area contributed by atoms with Gasteiger partial charge in [-0.3, -0.25) is 4.98 Å². The topological polar surface area (TPSA) is 51.7 Å². The number of pyridine rings is 1. The molecule has 26 heavy (non-hydrogen) atoms. The highest BCUT2D eigenvalue weighted by atomic mass is 16.2. The maximum atomic E-state index is 12.6. The highest BCUT2D eigenvalue weighted by Crippen LogP contribution is 2.20. The van der Waals surface area contributed by atoms with Gasteiger partial charge in [0, 0.05) is 63.4 Å². The Labute approximate surface area is 157 Å². The van der Waals surface area contributed by atoms with Crippen molar-refractivity contribution >= 4 is 11.7 Å². The first kappa shape index (κ1) is 19.0. The van der Waals surface area contributed by atoms with Gasteiger partial charge in [0.05, 0.1) is 0 Å². The number of carbonyl (C=O) groups excluding carboxylic acids is 1. The molecule has 3 rings (SSSR count). The van der Waals surface area contributed by atoms with Crippen molar-refractivity contribution in [3.63, 3.8) is 0 Å². The Balaban J connectivity index is 1.47. The van der Waals surface area contributed by atoms with Crippen LogP contribution in [0.15, 0.2) is 18.5 Å². The van der Waals surface area contributed by atoms with Gasteiger partial charge in [0.1, 0.15) is 0 Å². The molecule has 0 bridgehead atoms. The fourth-order valence-electron chi connectivity index (χ4n) is 4.02. The minimum absolute atomic E-state index is 0.0984. The Bertz CT molecular complexity index is 606. The molecule has 1 atom stereocenters.